The fourth-order valence-corrected chi connectivity index (χ4v) is 5.72. The molecule has 1 heteroatoms. The third-order valence-electron chi connectivity index (χ3n) is 7.14. The van der Waals surface area contributed by atoms with Crippen molar-refractivity contribution in [3.05, 3.63) is 112 Å². The van der Waals surface area contributed by atoms with Crippen LogP contribution in [0, 0.1) is 0 Å². The van der Waals surface area contributed by atoms with E-state index >= 15 is 0 Å². The second-order valence-electron chi connectivity index (χ2n) is 8.74. The van der Waals surface area contributed by atoms with E-state index in [1.54, 1.807) is 0 Å². The number of rotatable bonds is 4. The highest BCUT2D eigenvalue weighted by molar-refractivity contribution is 5.83. The summed E-state index contributed by atoms with van der Waals surface area (Å²) in [6.07, 6.45) is 3.17. The first-order valence-corrected chi connectivity index (χ1v) is 11.5. The molecule has 0 heterocycles. The van der Waals surface area contributed by atoms with Gasteiger partial charge < -0.3 is 5.32 Å². The van der Waals surface area contributed by atoms with Crippen molar-refractivity contribution in [1.29, 1.82) is 0 Å². The molecule has 1 atom stereocenters. The molecule has 152 valence electrons. The maximum absolute atomic E-state index is 3.94. The van der Waals surface area contributed by atoms with E-state index in [1.807, 2.05) is 0 Å². The first kappa shape index (κ1) is 18.4. The van der Waals surface area contributed by atoms with Crippen LogP contribution in [0.3, 0.4) is 0 Å². The molecule has 0 bridgehead atoms. The minimum atomic E-state index is 0.203. The van der Waals surface area contributed by atoms with Crippen molar-refractivity contribution in [2.75, 3.05) is 5.32 Å². The van der Waals surface area contributed by atoms with Gasteiger partial charge in [0.25, 0.3) is 0 Å². The first-order valence-electron chi connectivity index (χ1n) is 11.5. The first-order chi connectivity index (χ1) is 15.3. The van der Waals surface area contributed by atoms with Crippen molar-refractivity contribution in [2.45, 2.75) is 39.2 Å². The molecule has 0 aliphatic heterocycles. The number of fused-ring (bicyclic) bond motifs is 6. The Labute approximate surface area is 184 Å². The van der Waals surface area contributed by atoms with Gasteiger partial charge in [-0.15, -0.1) is 0 Å². The van der Waals surface area contributed by atoms with Crippen molar-refractivity contribution in [1.82, 2.24) is 0 Å². The molecule has 0 fully saturated rings. The molecule has 31 heavy (non-hydrogen) atoms. The highest BCUT2D eigenvalue weighted by Gasteiger charge is 2.31. The standard InChI is InChI=1S/C30H27N/c1-3-19-13-15-27-26-11-7-8-12-28(26)30(29(27)23(19)4-2)31-22-14-16-25-21(18-22)17-20-9-5-6-10-24(20)25/h5-16,18,30-31H,3-4,17H2,1-2H3. The van der Waals surface area contributed by atoms with Gasteiger partial charge in [-0.25, -0.2) is 0 Å². The highest BCUT2D eigenvalue weighted by atomic mass is 14.9. The largest absolute Gasteiger partial charge is 0.374 e. The molecule has 1 unspecified atom stereocenters. The molecule has 0 aromatic heterocycles. The number of benzene rings is 4. The van der Waals surface area contributed by atoms with Gasteiger partial charge >= 0.3 is 0 Å². The zero-order chi connectivity index (χ0) is 20.9. The predicted molar refractivity (Wildman–Crippen MR) is 131 cm³/mol. The van der Waals surface area contributed by atoms with Crippen LogP contribution in [-0.2, 0) is 19.3 Å². The predicted octanol–water partition coefficient (Wildman–Crippen LogP) is 7.56. The van der Waals surface area contributed by atoms with Crippen molar-refractivity contribution in [3.8, 4) is 22.3 Å². The van der Waals surface area contributed by atoms with Gasteiger partial charge in [-0.1, -0.05) is 80.6 Å². The van der Waals surface area contributed by atoms with Crippen LogP contribution in [0.4, 0.5) is 5.69 Å². The lowest BCUT2D eigenvalue weighted by Gasteiger charge is -2.22. The molecule has 6 rings (SSSR count). The van der Waals surface area contributed by atoms with Gasteiger partial charge in [-0.3, -0.25) is 0 Å². The summed E-state index contributed by atoms with van der Waals surface area (Å²) in [7, 11) is 0. The Kier molecular flexibility index (Phi) is 4.24. The Hall–Kier alpha value is -3.32. The molecule has 2 aliphatic carbocycles. The molecule has 4 aromatic rings. The van der Waals surface area contributed by atoms with E-state index in [-0.39, 0.29) is 6.04 Å². The van der Waals surface area contributed by atoms with Crippen molar-refractivity contribution in [2.24, 2.45) is 0 Å². The van der Waals surface area contributed by atoms with Crippen LogP contribution < -0.4 is 5.32 Å². The van der Waals surface area contributed by atoms with Crippen molar-refractivity contribution < 1.29 is 0 Å². The monoisotopic (exact) mass is 401 g/mol. The lowest BCUT2D eigenvalue weighted by Crippen LogP contribution is -2.12. The van der Waals surface area contributed by atoms with Gasteiger partial charge in [0, 0.05) is 5.69 Å². The fourth-order valence-electron chi connectivity index (χ4n) is 5.72. The summed E-state index contributed by atoms with van der Waals surface area (Å²) in [6, 6.07) is 29.5. The molecule has 0 saturated carbocycles. The maximum Gasteiger partial charge on any atom is 0.0782 e. The summed E-state index contributed by atoms with van der Waals surface area (Å²) in [4.78, 5) is 0. The SMILES string of the molecule is CCc1ccc2c(c1CC)C(Nc1ccc3c(c1)Cc1ccccc1-3)c1ccccc1-2. The van der Waals surface area contributed by atoms with Crippen molar-refractivity contribution in [3.63, 3.8) is 0 Å². The number of anilines is 1. The molecule has 4 aromatic carbocycles. The summed E-state index contributed by atoms with van der Waals surface area (Å²) in [5.74, 6) is 0. The van der Waals surface area contributed by atoms with E-state index < -0.39 is 0 Å². The van der Waals surface area contributed by atoms with Gasteiger partial charge in [0.15, 0.2) is 0 Å². The van der Waals surface area contributed by atoms with Crippen molar-refractivity contribution >= 4 is 5.69 Å². The summed E-state index contributed by atoms with van der Waals surface area (Å²) in [6.45, 7) is 4.56. The molecular formula is C30H27N. The normalized spacial score (nSPS) is 15.2. The zero-order valence-electron chi connectivity index (χ0n) is 18.2. The lowest BCUT2D eigenvalue weighted by atomic mass is 9.91. The Morgan fingerprint density at radius 3 is 2.29 bits per heavy atom. The van der Waals surface area contributed by atoms with Crippen LogP contribution in [-0.4, -0.2) is 0 Å². The maximum atomic E-state index is 3.94. The van der Waals surface area contributed by atoms with Crippen LogP contribution in [0.25, 0.3) is 22.3 Å². The minimum Gasteiger partial charge on any atom is -0.374 e. The van der Waals surface area contributed by atoms with Crippen LogP contribution in [0.5, 0.6) is 0 Å². The summed E-state index contributed by atoms with van der Waals surface area (Å²) in [5, 5.41) is 3.94. The number of hydrogen-bond acceptors (Lipinski definition) is 1. The fraction of sp³-hybridized carbons (Fsp3) is 0.200. The second kappa shape index (κ2) is 7.13. The van der Waals surface area contributed by atoms with Crippen LogP contribution >= 0.6 is 0 Å². The summed E-state index contributed by atoms with van der Waals surface area (Å²) >= 11 is 0. The van der Waals surface area contributed by atoms with E-state index in [4.69, 9.17) is 0 Å². The average molecular weight is 402 g/mol. The molecule has 0 radical (unpaired) electrons. The summed E-state index contributed by atoms with van der Waals surface area (Å²) in [5.41, 5.74) is 15.5. The van der Waals surface area contributed by atoms with Crippen LogP contribution in [0.1, 0.15) is 53.3 Å². The lowest BCUT2D eigenvalue weighted by molar-refractivity contribution is 0.919. The molecule has 0 spiro atoms. The van der Waals surface area contributed by atoms with Crippen LogP contribution in [0.2, 0.25) is 0 Å². The molecule has 1 N–H and O–H groups in total. The van der Waals surface area contributed by atoms with Gasteiger partial charge in [-0.05, 0) is 87.0 Å². The van der Waals surface area contributed by atoms with E-state index in [0.29, 0.717) is 0 Å². The number of hydrogen-bond donors (Lipinski definition) is 1. The summed E-state index contributed by atoms with van der Waals surface area (Å²) < 4.78 is 0. The molecular weight excluding hydrogens is 374 g/mol. The van der Waals surface area contributed by atoms with E-state index in [2.05, 4.69) is 98.0 Å². The van der Waals surface area contributed by atoms with E-state index in [9.17, 15) is 0 Å². The molecule has 0 saturated heterocycles. The third kappa shape index (κ3) is 2.76. The number of aryl methyl sites for hydroxylation is 1. The molecule has 1 nitrogen and oxygen atoms in total. The second-order valence-corrected chi connectivity index (χ2v) is 8.74. The van der Waals surface area contributed by atoms with Gasteiger partial charge in [-0.2, -0.15) is 0 Å². The van der Waals surface area contributed by atoms with Crippen LogP contribution in [0.15, 0.2) is 78.9 Å². The average Bonchev–Trinajstić information content (AvgIpc) is 3.34. The highest BCUT2D eigenvalue weighted by Crippen LogP contribution is 2.48. The molecule has 2 aliphatic rings. The smallest absolute Gasteiger partial charge is 0.0782 e. The Bertz CT molecular complexity index is 1310. The van der Waals surface area contributed by atoms with Gasteiger partial charge in [0.05, 0.1) is 6.04 Å². The van der Waals surface area contributed by atoms with Gasteiger partial charge in [0.1, 0.15) is 0 Å². The Balaban J connectivity index is 1.44. The zero-order valence-corrected chi connectivity index (χ0v) is 18.2. The third-order valence-corrected chi connectivity index (χ3v) is 7.14. The minimum absolute atomic E-state index is 0.203. The van der Waals surface area contributed by atoms with E-state index in [1.165, 1.54) is 61.3 Å². The quantitative estimate of drug-likeness (QED) is 0.327. The Morgan fingerprint density at radius 1 is 0.710 bits per heavy atom. The topological polar surface area (TPSA) is 12.0 Å². The molecule has 0 amide bonds. The Morgan fingerprint density at radius 2 is 1.45 bits per heavy atom. The van der Waals surface area contributed by atoms with Gasteiger partial charge in [0.2, 0.25) is 0 Å². The number of nitrogens with one attached hydrogen (secondary N) is 1. The van der Waals surface area contributed by atoms with E-state index in [0.717, 1.165) is 19.3 Å².